The molecule has 3 atom stereocenters. The lowest BCUT2D eigenvalue weighted by Gasteiger charge is -2.10. The molecule has 0 radical (unpaired) electrons. The van der Waals surface area contributed by atoms with Gasteiger partial charge in [0.1, 0.15) is 0 Å². The molecular weight excluding hydrogens is 152 g/mol. The molecule has 0 aromatic heterocycles. The normalized spacial score (nSPS) is 29.2. The molecule has 0 aromatic rings. The highest BCUT2D eigenvalue weighted by atomic mass is 16.5. The van der Waals surface area contributed by atoms with Crippen LogP contribution >= 0.6 is 0 Å². The van der Waals surface area contributed by atoms with E-state index in [1.807, 2.05) is 6.92 Å². The van der Waals surface area contributed by atoms with Crippen LogP contribution in [0.2, 0.25) is 0 Å². The fourth-order valence-corrected chi connectivity index (χ4v) is 1.45. The van der Waals surface area contributed by atoms with Gasteiger partial charge in [-0.3, -0.25) is 0 Å². The SMILES string of the molecule is C=CC(=O)OC(C)CC1CC1C. The predicted octanol–water partition coefficient (Wildman–Crippen LogP) is 2.15. The maximum Gasteiger partial charge on any atom is 0.330 e. The van der Waals surface area contributed by atoms with Crippen molar-refractivity contribution in [3.05, 3.63) is 12.7 Å². The van der Waals surface area contributed by atoms with Gasteiger partial charge in [0.2, 0.25) is 0 Å². The second-order valence-corrected chi connectivity index (χ2v) is 3.66. The Kier molecular flexibility index (Phi) is 2.90. The summed E-state index contributed by atoms with van der Waals surface area (Å²) >= 11 is 0. The second kappa shape index (κ2) is 3.74. The number of hydrogen-bond acceptors (Lipinski definition) is 2. The standard InChI is InChI=1S/C10H16O2/c1-4-10(11)12-8(3)6-9-5-7(9)2/h4,7-9H,1,5-6H2,2-3H3. The molecule has 1 rings (SSSR count). The fraction of sp³-hybridized carbons (Fsp3) is 0.700. The van der Waals surface area contributed by atoms with Gasteiger partial charge in [-0.1, -0.05) is 13.5 Å². The number of ether oxygens (including phenoxy) is 1. The topological polar surface area (TPSA) is 26.3 Å². The lowest BCUT2D eigenvalue weighted by Crippen LogP contribution is -2.13. The van der Waals surface area contributed by atoms with Crippen LogP contribution in [0.1, 0.15) is 26.7 Å². The van der Waals surface area contributed by atoms with Gasteiger partial charge in [0, 0.05) is 6.08 Å². The highest BCUT2D eigenvalue weighted by molar-refractivity contribution is 5.81. The Labute approximate surface area is 73.6 Å². The summed E-state index contributed by atoms with van der Waals surface area (Å²) in [6, 6.07) is 0. The minimum atomic E-state index is -0.309. The molecule has 0 saturated heterocycles. The highest BCUT2D eigenvalue weighted by Gasteiger charge is 2.34. The summed E-state index contributed by atoms with van der Waals surface area (Å²) in [6.45, 7) is 7.51. The molecule has 1 aliphatic rings. The van der Waals surface area contributed by atoms with Crippen molar-refractivity contribution < 1.29 is 9.53 Å². The lowest BCUT2D eigenvalue weighted by molar-refractivity contribution is -0.142. The number of esters is 1. The van der Waals surface area contributed by atoms with Crippen LogP contribution in [-0.4, -0.2) is 12.1 Å². The lowest BCUT2D eigenvalue weighted by atomic mass is 10.2. The van der Waals surface area contributed by atoms with Crippen LogP contribution in [0.15, 0.2) is 12.7 Å². The summed E-state index contributed by atoms with van der Waals surface area (Å²) < 4.78 is 5.04. The van der Waals surface area contributed by atoms with Crippen molar-refractivity contribution in [3.63, 3.8) is 0 Å². The Bertz CT molecular complexity index is 186. The molecule has 0 bridgehead atoms. The summed E-state index contributed by atoms with van der Waals surface area (Å²) in [7, 11) is 0. The molecule has 12 heavy (non-hydrogen) atoms. The zero-order chi connectivity index (χ0) is 9.14. The van der Waals surface area contributed by atoms with Gasteiger partial charge in [0.25, 0.3) is 0 Å². The third-order valence-electron chi connectivity index (χ3n) is 2.39. The molecule has 0 heterocycles. The molecule has 0 aromatic carbocycles. The zero-order valence-corrected chi connectivity index (χ0v) is 7.75. The van der Waals surface area contributed by atoms with E-state index in [-0.39, 0.29) is 12.1 Å². The van der Waals surface area contributed by atoms with Gasteiger partial charge in [-0.25, -0.2) is 4.79 Å². The van der Waals surface area contributed by atoms with Crippen LogP contribution in [0, 0.1) is 11.8 Å². The summed E-state index contributed by atoms with van der Waals surface area (Å²) in [6.07, 6.45) is 3.55. The summed E-state index contributed by atoms with van der Waals surface area (Å²) in [4.78, 5) is 10.8. The van der Waals surface area contributed by atoms with E-state index in [4.69, 9.17) is 4.74 Å². The van der Waals surface area contributed by atoms with Gasteiger partial charge in [-0.05, 0) is 31.6 Å². The largest absolute Gasteiger partial charge is 0.460 e. The second-order valence-electron chi connectivity index (χ2n) is 3.66. The number of carbonyl (C=O) groups is 1. The van der Waals surface area contributed by atoms with Crippen LogP contribution in [0.3, 0.4) is 0 Å². The zero-order valence-electron chi connectivity index (χ0n) is 7.75. The summed E-state index contributed by atoms with van der Waals surface area (Å²) in [5, 5.41) is 0. The number of hydrogen-bond donors (Lipinski definition) is 0. The van der Waals surface area contributed by atoms with Gasteiger partial charge in [-0.2, -0.15) is 0 Å². The maximum atomic E-state index is 10.8. The molecule has 1 aliphatic carbocycles. The van der Waals surface area contributed by atoms with Gasteiger partial charge < -0.3 is 4.74 Å². The van der Waals surface area contributed by atoms with E-state index in [1.54, 1.807) is 0 Å². The quantitative estimate of drug-likeness (QED) is 0.475. The Morgan fingerprint density at radius 1 is 1.83 bits per heavy atom. The first kappa shape index (κ1) is 9.30. The summed E-state index contributed by atoms with van der Waals surface area (Å²) in [5.74, 6) is 1.29. The van der Waals surface area contributed by atoms with E-state index in [0.717, 1.165) is 18.3 Å². The third kappa shape index (κ3) is 2.68. The molecule has 68 valence electrons. The highest BCUT2D eigenvalue weighted by Crippen LogP contribution is 2.41. The van der Waals surface area contributed by atoms with Crippen molar-refractivity contribution in [2.24, 2.45) is 11.8 Å². The van der Waals surface area contributed by atoms with Crippen LogP contribution in [0.5, 0.6) is 0 Å². The first-order chi connectivity index (χ1) is 5.63. The van der Waals surface area contributed by atoms with Crippen molar-refractivity contribution in [3.8, 4) is 0 Å². The molecule has 0 spiro atoms. The smallest absolute Gasteiger partial charge is 0.330 e. The van der Waals surface area contributed by atoms with Crippen LogP contribution in [0.25, 0.3) is 0 Å². The van der Waals surface area contributed by atoms with Gasteiger partial charge in [-0.15, -0.1) is 0 Å². The predicted molar refractivity (Wildman–Crippen MR) is 47.6 cm³/mol. The molecule has 1 fully saturated rings. The van der Waals surface area contributed by atoms with Gasteiger partial charge >= 0.3 is 5.97 Å². The molecule has 0 aliphatic heterocycles. The Morgan fingerprint density at radius 3 is 2.83 bits per heavy atom. The minimum Gasteiger partial charge on any atom is -0.460 e. The van der Waals surface area contributed by atoms with E-state index in [9.17, 15) is 4.79 Å². The Hall–Kier alpha value is -0.790. The monoisotopic (exact) mass is 168 g/mol. The van der Waals surface area contributed by atoms with E-state index in [1.165, 1.54) is 12.5 Å². The van der Waals surface area contributed by atoms with Crippen molar-refractivity contribution in [2.75, 3.05) is 0 Å². The molecule has 3 unspecified atom stereocenters. The van der Waals surface area contributed by atoms with Crippen LogP contribution < -0.4 is 0 Å². The molecule has 2 heteroatoms. The number of rotatable bonds is 4. The first-order valence-electron chi connectivity index (χ1n) is 4.46. The van der Waals surface area contributed by atoms with Crippen molar-refractivity contribution in [1.82, 2.24) is 0 Å². The van der Waals surface area contributed by atoms with E-state index < -0.39 is 0 Å². The third-order valence-corrected chi connectivity index (χ3v) is 2.39. The van der Waals surface area contributed by atoms with Crippen LogP contribution in [-0.2, 0) is 9.53 Å². The molecule has 1 saturated carbocycles. The van der Waals surface area contributed by atoms with Gasteiger partial charge in [0.05, 0.1) is 6.10 Å². The fourth-order valence-electron chi connectivity index (χ4n) is 1.45. The average Bonchev–Trinajstić information content (AvgIpc) is 2.66. The van der Waals surface area contributed by atoms with E-state index in [0.29, 0.717) is 0 Å². The molecule has 0 N–H and O–H groups in total. The maximum absolute atomic E-state index is 10.8. The van der Waals surface area contributed by atoms with Crippen molar-refractivity contribution in [1.29, 1.82) is 0 Å². The van der Waals surface area contributed by atoms with Crippen molar-refractivity contribution in [2.45, 2.75) is 32.8 Å². The molecule has 2 nitrogen and oxygen atoms in total. The minimum absolute atomic E-state index is 0.0467. The average molecular weight is 168 g/mol. The van der Waals surface area contributed by atoms with Gasteiger partial charge in [0.15, 0.2) is 0 Å². The Morgan fingerprint density at radius 2 is 2.42 bits per heavy atom. The van der Waals surface area contributed by atoms with E-state index >= 15 is 0 Å². The Balaban J connectivity index is 2.15. The molecule has 0 amide bonds. The first-order valence-corrected chi connectivity index (χ1v) is 4.46. The molecular formula is C10H16O2. The summed E-state index contributed by atoms with van der Waals surface area (Å²) in [5.41, 5.74) is 0. The van der Waals surface area contributed by atoms with E-state index in [2.05, 4.69) is 13.5 Å². The number of carbonyl (C=O) groups excluding carboxylic acids is 1. The van der Waals surface area contributed by atoms with Crippen LogP contribution in [0.4, 0.5) is 0 Å². The van der Waals surface area contributed by atoms with Crippen molar-refractivity contribution >= 4 is 5.97 Å².